The van der Waals surface area contributed by atoms with E-state index in [1.165, 1.54) is 0 Å². The quantitative estimate of drug-likeness (QED) is 0.329. The summed E-state index contributed by atoms with van der Waals surface area (Å²) in [5.74, 6) is 1.34. The van der Waals surface area contributed by atoms with E-state index in [0.29, 0.717) is 36.9 Å². The molecule has 0 aliphatic carbocycles. The lowest BCUT2D eigenvalue weighted by molar-refractivity contribution is 0.339. The number of piperidine rings is 1. The van der Waals surface area contributed by atoms with Crippen LogP contribution in [0.25, 0.3) is 0 Å². The van der Waals surface area contributed by atoms with Crippen molar-refractivity contribution in [3.8, 4) is 0 Å². The van der Waals surface area contributed by atoms with Crippen LogP contribution in [0.4, 0.5) is 0 Å². The van der Waals surface area contributed by atoms with Crippen molar-refractivity contribution in [1.82, 2.24) is 5.32 Å². The minimum atomic E-state index is -4.68. The van der Waals surface area contributed by atoms with Crippen molar-refractivity contribution >= 4 is 27.8 Å². The van der Waals surface area contributed by atoms with Crippen LogP contribution in [0.15, 0.2) is 11.1 Å². The van der Waals surface area contributed by atoms with E-state index in [2.05, 4.69) is 17.9 Å². The molecule has 1 heterocycles. The zero-order valence-electron chi connectivity index (χ0n) is 9.51. The first kappa shape index (κ1) is 16.4. The van der Waals surface area contributed by atoms with Crippen molar-refractivity contribution < 1.29 is 28.7 Å². The topological polar surface area (TPSA) is 127 Å². The lowest BCUT2D eigenvalue weighted by Crippen LogP contribution is -2.40. The fourth-order valence-electron chi connectivity index (χ4n) is 1.86. The highest BCUT2D eigenvalue weighted by Gasteiger charge is 2.34. The minimum Gasteiger partial charge on any atom is -0.321 e. The number of hydrogen-bond donors (Lipinski definition) is 6. The largest absolute Gasteiger partial charge is 0.354 e. The Bertz CT molecular complexity index is 408. The lowest BCUT2D eigenvalue weighted by Gasteiger charge is -2.30. The minimum absolute atomic E-state index is 0.303. The van der Waals surface area contributed by atoms with Gasteiger partial charge in [-0.1, -0.05) is 0 Å². The molecule has 2 unspecified atom stereocenters. The van der Waals surface area contributed by atoms with Crippen LogP contribution in [0.5, 0.6) is 0 Å². The second kappa shape index (κ2) is 6.20. The van der Waals surface area contributed by atoms with Crippen molar-refractivity contribution in [2.24, 2.45) is 5.92 Å². The van der Waals surface area contributed by atoms with Crippen LogP contribution in [-0.4, -0.2) is 37.9 Å². The second-order valence-corrected chi connectivity index (χ2v) is 7.68. The predicted octanol–water partition coefficient (Wildman–Crippen LogP) is 0.481. The fourth-order valence-corrected chi connectivity index (χ4v) is 4.38. The van der Waals surface area contributed by atoms with Gasteiger partial charge in [0, 0.05) is 11.9 Å². The van der Waals surface area contributed by atoms with E-state index in [-0.39, 0.29) is 0 Å². The first-order chi connectivity index (χ1) is 8.13. The van der Waals surface area contributed by atoms with Gasteiger partial charge in [-0.05, 0) is 31.1 Å². The van der Waals surface area contributed by atoms with Crippen LogP contribution < -0.4 is 5.32 Å². The monoisotopic (exact) mass is 317 g/mol. The fraction of sp³-hybridized carbons (Fsp3) is 0.750. The van der Waals surface area contributed by atoms with E-state index in [4.69, 9.17) is 19.6 Å². The molecule has 0 aromatic rings. The molecule has 0 bridgehead atoms. The van der Waals surface area contributed by atoms with Crippen molar-refractivity contribution in [3.05, 3.63) is 11.1 Å². The third-order valence-electron chi connectivity index (χ3n) is 2.77. The van der Waals surface area contributed by atoms with Crippen LogP contribution in [0.3, 0.4) is 0 Å². The lowest BCUT2D eigenvalue weighted by atomic mass is 9.96. The molecule has 2 atom stereocenters. The Morgan fingerprint density at radius 2 is 1.89 bits per heavy atom. The molecule has 0 saturated carbocycles. The first-order valence-electron chi connectivity index (χ1n) is 5.32. The van der Waals surface area contributed by atoms with Gasteiger partial charge in [-0.25, -0.2) is 0 Å². The highest BCUT2D eigenvalue weighted by atomic mass is 32.1. The Morgan fingerprint density at radius 3 is 2.22 bits per heavy atom. The Morgan fingerprint density at radius 1 is 1.28 bits per heavy atom. The Labute approximate surface area is 110 Å². The Kier molecular flexibility index (Phi) is 5.65. The van der Waals surface area contributed by atoms with Crippen molar-refractivity contribution in [2.75, 3.05) is 12.3 Å². The molecule has 7 nitrogen and oxygen atoms in total. The first-order valence-corrected chi connectivity index (χ1v) is 9.24. The summed E-state index contributed by atoms with van der Waals surface area (Å²) in [4.78, 5) is 36.0. The third-order valence-corrected chi connectivity index (χ3v) is 5.22. The molecule has 1 aliphatic rings. The molecule has 1 rings (SSSR count). The molecule has 1 fully saturated rings. The highest BCUT2D eigenvalue weighted by molar-refractivity contribution is 7.80. The van der Waals surface area contributed by atoms with E-state index in [1.807, 2.05) is 0 Å². The SMILES string of the molecule is O=P(O)(O)C=C(C1CCC(CS)CN1)P(=O)(O)O. The number of rotatable bonds is 4. The number of nitrogens with one attached hydrogen (secondary N) is 1. The molecule has 5 N–H and O–H groups in total. The maximum atomic E-state index is 11.3. The number of hydrogen-bond acceptors (Lipinski definition) is 4. The second-order valence-electron chi connectivity index (χ2n) is 4.27. The van der Waals surface area contributed by atoms with Gasteiger partial charge in [0.2, 0.25) is 0 Å². The molecule has 1 aliphatic heterocycles. The molecule has 1 saturated heterocycles. The summed E-state index contributed by atoms with van der Waals surface area (Å²) in [6.45, 7) is 0.521. The van der Waals surface area contributed by atoms with Gasteiger partial charge in [0.15, 0.2) is 0 Å². The zero-order chi connectivity index (χ0) is 14.0. The van der Waals surface area contributed by atoms with Crippen LogP contribution in [0, 0.1) is 5.92 Å². The Balaban J connectivity index is 2.91. The Hall–Kier alpha value is 0.350. The summed E-state index contributed by atoms with van der Waals surface area (Å²) >= 11 is 4.14. The van der Waals surface area contributed by atoms with E-state index in [0.717, 1.165) is 0 Å². The normalized spacial score (nSPS) is 27.3. The molecular formula is C8H17NO6P2S. The van der Waals surface area contributed by atoms with Gasteiger partial charge in [-0.2, -0.15) is 12.6 Å². The van der Waals surface area contributed by atoms with E-state index in [1.54, 1.807) is 0 Å². The third kappa shape index (κ3) is 5.15. The van der Waals surface area contributed by atoms with Gasteiger partial charge in [-0.15, -0.1) is 0 Å². The van der Waals surface area contributed by atoms with E-state index < -0.39 is 26.5 Å². The predicted molar refractivity (Wildman–Crippen MR) is 70.5 cm³/mol. The van der Waals surface area contributed by atoms with E-state index >= 15 is 0 Å². The van der Waals surface area contributed by atoms with Crippen LogP contribution in [-0.2, 0) is 9.13 Å². The van der Waals surface area contributed by atoms with Gasteiger partial charge in [0.25, 0.3) is 0 Å². The summed E-state index contributed by atoms with van der Waals surface area (Å²) in [5.41, 5.74) is 0. The molecule has 0 amide bonds. The molecule has 10 heteroatoms. The smallest absolute Gasteiger partial charge is 0.321 e. The van der Waals surface area contributed by atoms with Gasteiger partial charge < -0.3 is 24.9 Å². The molecular weight excluding hydrogens is 300 g/mol. The summed E-state index contributed by atoms with van der Waals surface area (Å²) in [6.07, 6.45) is 1.13. The zero-order valence-corrected chi connectivity index (χ0v) is 12.2. The summed E-state index contributed by atoms with van der Waals surface area (Å²) < 4.78 is 22.2. The maximum Gasteiger partial charge on any atom is 0.354 e. The van der Waals surface area contributed by atoms with Crippen LogP contribution in [0.1, 0.15) is 12.8 Å². The summed E-state index contributed by atoms with van der Waals surface area (Å²) in [5, 5.41) is 2.38. The van der Waals surface area contributed by atoms with Crippen LogP contribution in [0.2, 0.25) is 0 Å². The standard InChI is InChI=1S/C8H17NO6P2S/c10-16(11,12)4-8(17(13,14)15)7-2-1-6(5-18)3-9-7/h4,6-7,9,18H,1-3,5H2,(H2,10,11,12)(H2,13,14,15). The van der Waals surface area contributed by atoms with Crippen molar-refractivity contribution in [1.29, 1.82) is 0 Å². The average Bonchev–Trinajstić information content (AvgIpc) is 2.24. The molecule has 0 aromatic carbocycles. The van der Waals surface area contributed by atoms with Crippen molar-refractivity contribution in [2.45, 2.75) is 18.9 Å². The molecule has 0 aromatic heterocycles. The van der Waals surface area contributed by atoms with Crippen LogP contribution >= 0.6 is 27.8 Å². The molecule has 0 radical (unpaired) electrons. The summed E-state index contributed by atoms with van der Waals surface area (Å²) in [7, 11) is -9.30. The van der Waals surface area contributed by atoms with Gasteiger partial charge in [0.1, 0.15) is 0 Å². The highest BCUT2D eigenvalue weighted by Crippen LogP contribution is 2.53. The van der Waals surface area contributed by atoms with Crippen molar-refractivity contribution in [3.63, 3.8) is 0 Å². The average molecular weight is 317 g/mol. The van der Waals surface area contributed by atoms with Gasteiger partial charge >= 0.3 is 15.2 Å². The maximum absolute atomic E-state index is 11.3. The summed E-state index contributed by atoms with van der Waals surface area (Å²) in [6, 6.07) is -0.699. The van der Waals surface area contributed by atoms with Gasteiger partial charge in [-0.3, -0.25) is 9.13 Å². The van der Waals surface area contributed by atoms with E-state index in [9.17, 15) is 9.13 Å². The number of thiol groups is 1. The molecule has 18 heavy (non-hydrogen) atoms. The molecule has 106 valence electrons. The van der Waals surface area contributed by atoms with Gasteiger partial charge in [0.05, 0.1) is 5.31 Å². The molecule has 0 spiro atoms.